The molecule has 0 fully saturated rings. The highest BCUT2D eigenvalue weighted by atomic mass is 79.9. The summed E-state index contributed by atoms with van der Waals surface area (Å²) in [5, 5.41) is 23.3. The molecule has 2 aromatic heterocycles. The maximum absolute atomic E-state index is 10.6. The van der Waals surface area contributed by atoms with Gasteiger partial charge in [0.15, 0.2) is 0 Å². The lowest BCUT2D eigenvalue weighted by Crippen LogP contribution is -2.04. The molecule has 7 nitrogen and oxygen atoms in total. The minimum absolute atomic E-state index is 0.252. The van der Waals surface area contributed by atoms with Gasteiger partial charge in [-0.05, 0) is 26.9 Å². The second kappa shape index (κ2) is 4.93. The second-order valence-electron chi connectivity index (χ2n) is 3.38. The van der Waals surface area contributed by atoms with E-state index in [2.05, 4.69) is 26.0 Å². The molecule has 0 N–H and O–H groups in total. The lowest BCUT2D eigenvalue weighted by molar-refractivity contribution is -0.390. The third-order valence-electron chi connectivity index (χ3n) is 2.20. The fourth-order valence-electron chi connectivity index (χ4n) is 1.43. The average Bonchev–Trinajstić information content (AvgIpc) is 2.71. The van der Waals surface area contributed by atoms with Gasteiger partial charge in [0.25, 0.3) is 0 Å². The van der Waals surface area contributed by atoms with Crippen LogP contribution in [0.5, 0.6) is 0 Å². The van der Waals surface area contributed by atoms with Crippen molar-refractivity contribution in [3.63, 3.8) is 0 Å². The van der Waals surface area contributed by atoms with Gasteiger partial charge in [-0.3, -0.25) is 0 Å². The zero-order valence-electron chi connectivity index (χ0n) is 8.95. The third-order valence-corrected chi connectivity index (χ3v) is 2.76. The Labute approximate surface area is 110 Å². The Morgan fingerprint density at radius 1 is 1.61 bits per heavy atom. The molecule has 0 unspecified atom stereocenters. The van der Waals surface area contributed by atoms with E-state index in [-0.39, 0.29) is 18.1 Å². The van der Waals surface area contributed by atoms with E-state index >= 15 is 0 Å². The fourth-order valence-corrected chi connectivity index (χ4v) is 1.89. The smallest absolute Gasteiger partial charge is 0.358 e. The molecular formula is C10H6BrN5O2. The summed E-state index contributed by atoms with van der Waals surface area (Å²) in [6, 6.07) is 5.39. The van der Waals surface area contributed by atoms with Gasteiger partial charge in [-0.25, -0.2) is 4.98 Å². The molecule has 0 aliphatic heterocycles. The Hall–Kier alpha value is -2.27. The van der Waals surface area contributed by atoms with E-state index in [1.165, 1.54) is 17.1 Å². The van der Waals surface area contributed by atoms with Crippen LogP contribution in [0.3, 0.4) is 0 Å². The van der Waals surface area contributed by atoms with Crippen molar-refractivity contribution in [2.24, 2.45) is 0 Å². The largest absolute Gasteiger partial charge is 0.404 e. The molecule has 0 bridgehead atoms. The van der Waals surface area contributed by atoms with E-state index in [1.807, 2.05) is 6.07 Å². The number of hydrogen-bond donors (Lipinski definition) is 0. The first-order valence-corrected chi connectivity index (χ1v) is 5.62. The predicted octanol–water partition coefficient (Wildman–Crippen LogP) is 1.87. The molecule has 0 saturated heterocycles. The summed E-state index contributed by atoms with van der Waals surface area (Å²) in [6.45, 7) is 0.253. The van der Waals surface area contributed by atoms with Crippen molar-refractivity contribution in [2.45, 2.75) is 6.54 Å². The van der Waals surface area contributed by atoms with E-state index in [4.69, 9.17) is 5.26 Å². The maximum Gasteiger partial charge on any atom is 0.404 e. The summed E-state index contributed by atoms with van der Waals surface area (Å²) in [5.74, 6) is -0.252. The molecule has 8 heteroatoms. The highest BCUT2D eigenvalue weighted by molar-refractivity contribution is 9.10. The zero-order valence-corrected chi connectivity index (χ0v) is 10.5. The lowest BCUT2D eigenvalue weighted by Gasteiger charge is -1.99. The van der Waals surface area contributed by atoms with Crippen LogP contribution in [0.25, 0.3) is 0 Å². The second-order valence-corrected chi connectivity index (χ2v) is 4.23. The molecule has 2 heterocycles. The van der Waals surface area contributed by atoms with E-state index in [0.29, 0.717) is 10.0 Å². The number of halogens is 1. The Kier molecular flexibility index (Phi) is 3.34. The van der Waals surface area contributed by atoms with E-state index in [9.17, 15) is 10.1 Å². The highest BCUT2D eigenvalue weighted by Crippen LogP contribution is 2.22. The number of rotatable bonds is 3. The Balaban J connectivity index is 2.32. The van der Waals surface area contributed by atoms with Crippen molar-refractivity contribution in [3.05, 3.63) is 50.4 Å². The summed E-state index contributed by atoms with van der Waals surface area (Å²) in [6.07, 6.45) is 3.01. The molecule has 2 rings (SSSR count). The van der Waals surface area contributed by atoms with Crippen LogP contribution in [0.15, 0.2) is 29.0 Å². The van der Waals surface area contributed by atoms with Crippen LogP contribution in [0.4, 0.5) is 5.82 Å². The van der Waals surface area contributed by atoms with E-state index < -0.39 is 4.92 Å². The van der Waals surface area contributed by atoms with Gasteiger partial charge in [0.05, 0.1) is 17.8 Å². The summed E-state index contributed by atoms with van der Waals surface area (Å²) in [4.78, 5) is 14.0. The first-order chi connectivity index (χ1) is 8.61. The van der Waals surface area contributed by atoms with Crippen molar-refractivity contribution in [3.8, 4) is 6.07 Å². The highest BCUT2D eigenvalue weighted by Gasteiger charge is 2.19. The number of aromatic nitrogens is 3. The van der Waals surface area contributed by atoms with Crippen molar-refractivity contribution in [1.29, 1.82) is 5.26 Å². The van der Waals surface area contributed by atoms with Gasteiger partial charge in [-0.2, -0.15) is 9.94 Å². The number of nitrogens with zero attached hydrogens (tertiary/aromatic N) is 5. The molecule has 0 aliphatic carbocycles. The molecule has 2 aromatic rings. The molecule has 90 valence electrons. The average molecular weight is 308 g/mol. The van der Waals surface area contributed by atoms with Crippen molar-refractivity contribution >= 4 is 21.7 Å². The summed E-state index contributed by atoms with van der Waals surface area (Å²) in [7, 11) is 0. The first-order valence-electron chi connectivity index (χ1n) is 4.83. The molecule has 0 aromatic carbocycles. The standard InChI is InChI=1S/C10H6BrN5O2/c11-8-6-15(14-10(8)16(17)18)5-7-2-1-3-13-9(7)4-12/h1-3,6H,5H2. The van der Waals surface area contributed by atoms with E-state index in [1.54, 1.807) is 12.1 Å². The molecule has 0 aliphatic rings. The first kappa shape index (κ1) is 12.2. The van der Waals surface area contributed by atoms with Crippen molar-refractivity contribution < 1.29 is 4.92 Å². The van der Waals surface area contributed by atoms with Gasteiger partial charge in [0, 0.05) is 11.8 Å². The summed E-state index contributed by atoms with van der Waals surface area (Å²) < 4.78 is 1.69. The molecule has 0 spiro atoms. The molecular weight excluding hydrogens is 302 g/mol. The molecule has 0 radical (unpaired) electrons. The van der Waals surface area contributed by atoms with Crippen LogP contribution in [0, 0.1) is 21.4 Å². The van der Waals surface area contributed by atoms with Crippen LogP contribution >= 0.6 is 15.9 Å². The van der Waals surface area contributed by atoms with Crippen LogP contribution in [-0.4, -0.2) is 19.7 Å². The third kappa shape index (κ3) is 2.36. The van der Waals surface area contributed by atoms with Gasteiger partial charge in [-0.1, -0.05) is 6.07 Å². The number of nitriles is 1. The number of pyridine rings is 1. The zero-order chi connectivity index (χ0) is 13.1. The van der Waals surface area contributed by atoms with Crippen LogP contribution in [0.2, 0.25) is 0 Å². The van der Waals surface area contributed by atoms with Gasteiger partial charge in [0.1, 0.15) is 16.2 Å². The van der Waals surface area contributed by atoms with Crippen molar-refractivity contribution in [2.75, 3.05) is 0 Å². The molecule has 0 saturated carbocycles. The van der Waals surface area contributed by atoms with Gasteiger partial charge >= 0.3 is 5.82 Å². The van der Waals surface area contributed by atoms with Crippen LogP contribution < -0.4 is 0 Å². The summed E-state index contributed by atoms with van der Waals surface area (Å²) in [5.41, 5.74) is 0.941. The SMILES string of the molecule is N#Cc1ncccc1Cn1cc(Br)c([N+](=O)[O-])n1. The maximum atomic E-state index is 10.6. The monoisotopic (exact) mass is 307 g/mol. The van der Waals surface area contributed by atoms with Crippen LogP contribution in [0.1, 0.15) is 11.3 Å². The normalized spacial score (nSPS) is 10.0. The van der Waals surface area contributed by atoms with Crippen molar-refractivity contribution in [1.82, 2.24) is 14.8 Å². The van der Waals surface area contributed by atoms with Gasteiger partial charge < -0.3 is 10.1 Å². The Morgan fingerprint density at radius 2 is 2.39 bits per heavy atom. The van der Waals surface area contributed by atoms with Gasteiger partial charge in [-0.15, -0.1) is 0 Å². The lowest BCUT2D eigenvalue weighted by atomic mass is 10.2. The Bertz CT molecular complexity index is 646. The van der Waals surface area contributed by atoms with Gasteiger partial charge in [0.2, 0.25) is 0 Å². The minimum atomic E-state index is -0.574. The number of hydrogen-bond acceptors (Lipinski definition) is 5. The minimum Gasteiger partial charge on any atom is -0.358 e. The predicted molar refractivity (Wildman–Crippen MR) is 64.6 cm³/mol. The summed E-state index contributed by atoms with van der Waals surface area (Å²) >= 11 is 3.06. The fraction of sp³-hybridized carbons (Fsp3) is 0.100. The topological polar surface area (TPSA) is 97.6 Å². The van der Waals surface area contributed by atoms with Crippen LogP contribution in [-0.2, 0) is 6.54 Å². The van der Waals surface area contributed by atoms with E-state index in [0.717, 1.165) is 0 Å². The Morgan fingerprint density at radius 3 is 3.00 bits per heavy atom. The number of nitro groups is 1. The molecule has 18 heavy (non-hydrogen) atoms. The molecule has 0 atom stereocenters. The molecule has 0 amide bonds. The quantitative estimate of drug-likeness (QED) is 0.637.